The van der Waals surface area contributed by atoms with Gasteiger partial charge in [0.2, 0.25) is 0 Å². The van der Waals surface area contributed by atoms with Crippen LogP contribution in [0.1, 0.15) is 21.5 Å². The fourth-order valence-corrected chi connectivity index (χ4v) is 2.44. The second-order valence-electron chi connectivity index (χ2n) is 5.64. The molecule has 7 heteroatoms. The molecule has 0 heterocycles. The third kappa shape index (κ3) is 5.63. The Morgan fingerprint density at radius 3 is 2.35 bits per heavy atom. The van der Waals surface area contributed by atoms with Crippen LogP contribution >= 0.6 is 12.2 Å². The number of ether oxygens (including phenoxy) is 2. The molecule has 0 aliphatic rings. The van der Waals surface area contributed by atoms with Crippen molar-refractivity contribution in [2.24, 2.45) is 0 Å². The zero-order chi connectivity index (χ0) is 18.9. The first-order chi connectivity index (χ1) is 12.5. The predicted octanol–water partition coefficient (Wildman–Crippen LogP) is 2.36. The SMILES string of the molecule is COc1ccc(CCNC(=S)NNC(=O)c2ccc(C)cc2)cc1OC. The van der Waals surface area contributed by atoms with Crippen LogP contribution in [0.25, 0.3) is 0 Å². The second-order valence-corrected chi connectivity index (χ2v) is 6.05. The van der Waals surface area contributed by atoms with E-state index in [1.54, 1.807) is 26.4 Å². The molecule has 2 aromatic carbocycles. The van der Waals surface area contributed by atoms with Crippen LogP contribution in [0.5, 0.6) is 11.5 Å². The normalized spacial score (nSPS) is 9.96. The summed E-state index contributed by atoms with van der Waals surface area (Å²) in [5, 5.41) is 3.40. The summed E-state index contributed by atoms with van der Waals surface area (Å²) < 4.78 is 10.5. The summed E-state index contributed by atoms with van der Waals surface area (Å²) in [6.45, 7) is 2.58. The fraction of sp³-hybridized carbons (Fsp3) is 0.263. The minimum Gasteiger partial charge on any atom is -0.493 e. The van der Waals surface area contributed by atoms with Gasteiger partial charge in [0, 0.05) is 12.1 Å². The highest BCUT2D eigenvalue weighted by molar-refractivity contribution is 7.80. The van der Waals surface area contributed by atoms with Gasteiger partial charge in [-0.25, -0.2) is 0 Å². The van der Waals surface area contributed by atoms with Crippen LogP contribution in [0.3, 0.4) is 0 Å². The van der Waals surface area contributed by atoms with E-state index in [2.05, 4.69) is 16.2 Å². The highest BCUT2D eigenvalue weighted by atomic mass is 32.1. The largest absolute Gasteiger partial charge is 0.493 e. The Kier molecular flexibility index (Phi) is 7.23. The van der Waals surface area contributed by atoms with E-state index in [1.807, 2.05) is 37.3 Å². The Morgan fingerprint density at radius 2 is 1.69 bits per heavy atom. The number of aryl methyl sites for hydroxylation is 1. The van der Waals surface area contributed by atoms with E-state index >= 15 is 0 Å². The molecule has 2 rings (SSSR count). The maximum atomic E-state index is 12.0. The fourth-order valence-electron chi connectivity index (χ4n) is 2.29. The van der Waals surface area contributed by atoms with Crippen molar-refractivity contribution in [2.75, 3.05) is 20.8 Å². The number of nitrogens with one attached hydrogen (secondary N) is 3. The van der Waals surface area contributed by atoms with Crippen molar-refractivity contribution in [3.63, 3.8) is 0 Å². The Morgan fingerprint density at radius 1 is 1.00 bits per heavy atom. The Balaban J connectivity index is 1.75. The van der Waals surface area contributed by atoms with Gasteiger partial charge < -0.3 is 14.8 Å². The first-order valence-electron chi connectivity index (χ1n) is 8.15. The molecule has 0 bridgehead atoms. The summed E-state index contributed by atoms with van der Waals surface area (Å²) in [5.74, 6) is 1.14. The van der Waals surface area contributed by atoms with Gasteiger partial charge in [0.25, 0.3) is 5.91 Å². The molecule has 0 aromatic heterocycles. The van der Waals surface area contributed by atoms with Crippen molar-refractivity contribution in [3.8, 4) is 11.5 Å². The number of hydrogen-bond acceptors (Lipinski definition) is 4. The van der Waals surface area contributed by atoms with E-state index in [4.69, 9.17) is 21.7 Å². The first kappa shape index (κ1) is 19.5. The van der Waals surface area contributed by atoms with Gasteiger partial charge in [-0.1, -0.05) is 23.8 Å². The van der Waals surface area contributed by atoms with E-state index in [0.29, 0.717) is 28.7 Å². The maximum Gasteiger partial charge on any atom is 0.269 e. The molecule has 0 fully saturated rings. The van der Waals surface area contributed by atoms with Crippen molar-refractivity contribution in [3.05, 3.63) is 59.2 Å². The lowest BCUT2D eigenvalue weighted by Crippen LogP contribution is -2.47. The molecule has 138 valence electrons. The lowest BCUT2D eigenvalue weighted by atomic mass is 10.1. The predicted molar refractivity (Wildman–Crippen MR) is 106 cm³/mol. The molecular formula is C19H23N3O3S. The summed E-state index contributed by atoms with van der Waals surface area (Å²) in [6, 6.07) is 13.1. The van der Waals surface area contributed by atoms with Crippen LogP contribution in [0.15, 0.2) is 42.5 Å². The van der Waals surface area contributed by atoms with Crippen LogP contribution in [0.2, 0.25) is 0 Å². The lowest BCUT2D eigenvalue weighted by Gasteiger charge is -2.13. The molecule has 0 spiro atoms. The van der Waals surface area contributed by atoms with E-state index in [0.717, 1.165) is 17.5 Å². The van der Waals surface area contributed by atoms with E-state index in [9.17, 15) is 4.79 Å². The smallest absolute Gasteiger partial charge is 0.269 e. The van der Waals surface area contributed by atoms with Crippen LogP contribution < -0.4 is 25.6 Å². The molecule has 6 nitrogen and oxygen atoms in total. The van der Waals surface area contributed by atoms with Gasteiger partial charge in [-0.2, -0.15) is 0 Å². The molecule has 0 aliphatic heterocycles. The summed E-state index contributed by atoms with van der Waals surface area (Å²) in [4.78, 5) is 12.0. The zero-order valence-corrected chi connectivity index (χ0v) is 15.9. The van der Waals surface area contributed by atoms with Gasteiger partial charge in [-0.15, -0.1) is 0 Å². The molecule has 1 amide bonds. The number of carbonyl (C=O) groups excluding carboxylic acids is 1. The maximum absolute atomic E-state index is 12.0. The molecule has 26 heavy (non-hydrogen) atoms. The molecule has 0 saturated heterocycles. The first-order valence-corrected chi connectivity index (χ1v) is 8.56. The van der Waals surface area contributed by atoms with Gasteiger partial charge in [-0.05, 0) is 55.4 Å². The van der Waals surface area contributed by atoms with Crippen molar-refractivity contribution in [2.45, 2.75) is 13.3 Å². The molecule has 0 unspecified atom stereocenters. The third-order valence-corrected chi connectivity index (χ3v) is 4.00. The molecule has 0 atom stereocenters. The molecular weight excluding hydrogens is 350 g/mol. The molecule has 0 aliphatic carbocycles. The van der Waals surface area contributed by atoms with Crippen molar-refractivity contribution < 1.29 is 14.3 Å². The van der Waals surface area contributed by atoms with Gasteiger partial charge in [0.15, 0.2) is 16.6 Å². The third-order valence-electron chi connectivity index (χ3n) is 3.75. The minimum absolute atomic E-state index is 0.242. The van der Waals surface area contributed by atoms with Crippen molar-refractivity contribution >= 4 is 23.2 Å². The van der Waals surface area contributed by atoms with E-state index < -0.39 is 0 Å². The van der Waals surface area contributed by atoms with Crippen molar-refractivity contribution in [1.29, 1.82) is 0 Å². The van der Waals surface area contributed by atoms with Crippen LogP contribution in [0, 0.1) is 6.92 Å². The van der Waals surface area contributed by atoms with Gasteiger partial charge in [0.05, 0.1) is 14.2 Å². The molecule has 0 radical (unpaired) electrons. The molecule has 2 aromatic rings. The topological polar surface area (TPSA) is 71.6 Å². The van der Waals surface area contributed by atoms with E-state index in [-0.39, 0.29) is 5.91 Å². The highest BCUT2D eigenvalue weighted by Gasteiger charge is 2.06. The quantitative estimate of drug-likeness (QED) is 0.533. The van der Waals surface area contributed by atoms with E-state index in [1.165, 1.54) is 0 Å². The average molecular weight is 373 g/mol. The molecule has 3 N–H and O–H groups in total. The Labute approximate surface area is 158 Å². The van der Waals surface area contributed by atoms with Crippen LogP contribution in [0.4, 0.5) is 0 Å². The standard InChI is InChI=1S/C19H23N3O3S/c1-13-4-7-15(8-5-13)18(23)21-22-19(26)20-11-10-14-6-9-16(24-2)17(12-14)25-3/h4-9,12H,10-11H2,1-3H3,(H,21,23)(H2,20,22,26). The Bertz CT molecular complexity index is 763. The number of rotatable bonds is 6. The number of amides is 1. The molecule has 0 saturated carbocycles. The average Bonchev–Trinajstić information content (AvgIpc) is 2.66. The second kappa shape index (κ2) is 9.62. The number of carbonyl (C=O) groups is 1. The van der Waals surface area contributed by atoms with Crippen molar-refractivity contribution in [1.82, 2.24) is 16.2 Å². The Hall–Kier alpha value is -2.80. The number of hydrazine groups is 1. The minimum atomic E-state index is -0.242. The van der Waals surface area contributed by atoms with Gasteiger partial charge >= 0.3 is 0 Å². The number of benzene rings is 2. The van der Waals surface area contributed by atoms with Crippen LogP contribution in [-0.4, -0.2) is 31.8 Å². The summed E-state index contributed by atoms with van der Waals surface area (Å²) in [5.41, 5.74) is 8.02. The number of hydrogen-bond donors (Lipinski definition) is 3. The summed E-state index contributed by atoms with van der Waals surface area (Å²) >= 11 is 5.17. The highest BCUT2D eigenvalue weighted by Crippen LogP contribution is 2.27. The summed E-state index contributed by atoms with van der Waals surface area (Å²) in [7, 11) is 3.21. The van der Waals surface area contributed by atoms with Gasteiger partial charge in [-0.3, -0.25) is 15.6 Å². The summed E-state index contributed by atoms with van der Waals surface area (Å²) in [6.07, 6.45) is 0.744. The van der Waals surface area contributed by atoms with Gasteiger partial charge in [0.1, 0.15) is 0 Å². The number of methoxy groups -OCH3 is 2. The lowest BCUT2D eigenvalue weighted by molar-refractivity contribution is 0.0943. The zero-order valence-electron chi connectivity index (χ0n) is 15.1. The number of thiocarbonyl (C=S) groups is 1. The van der Waals surface area contributed by atoms with Crippen LogP contribution in [-0.2, 0) is 6.42 Å². The monoisotopic (exact) mass is 373 g/mol.